The number of amides is 2. The number of hydrogen-bond acceptors (Lipinski definition) is 6. The fourth-order valence-electron chi connectivity index (χ4n) is 5.18. The molecule has 172 valence electrons. The molecule has 8 nitrogen and oxygen atoms in total. The number of anilines is 1. The van der Waals surface area contributed by atoms with Gasteiger partial charge in [0.05, 0.1) is 18.3 Å². The number of carbonyl (C=O) groups is 2. The molecule has 0 saturated carbocycles. The van der Waals surface area contributed by atoms with Crippen LogP contribution in [0.5, 0.6) is 0 Å². The summed E-state index contributed by atoms with van der Waals surface area (Å²) in [5.41, 5.74) is 3.70. The Kier molecular flexibility index (Phi) is 4.91. The van der Waals surface area contributed by atoms with Crippen LogP contribution in [-0.2, 0) is 22.6 Å². The molecule has 2 aromatic heterocycles. The third-order valence-corrected chi connectivity index (χ3v) is 7.56. The second-order valence-corrected chi connectivity index (χ2v) is 9.66. The van der Waals surface area contributed by atoms with Crippen LogP contribution in [0.25, 0.3) is 10.9 Å². The number of hydrogen-bond donors (Lipinski definition) is 2. The Hall–Kier alpha value is -3.66. The Morgan fingerprint density at radius 2 is 1.88 bits per heavy atom. The van der Waals surface area contributed by atoms with Crippen LogP contribution in [0.4, 0.5) is 5.69 Å². The number of para-hydroxylation sites is 1. The Bertz CT molecular complexity index is 1380. The van der Waals surface area contributed by atoms with Crippen molar-refractivity contribution >= 4 is 39.7 Å². The maximum atomic E-state index is 13.7. The van der Waals surface area contributed by atoms with Crippen molar-refractivity contribution in [2.24, 2.45) is 0 Å². The molecule has 2 aromatic carbocycles. The van der Waals surface area contributed by atoms with E-state index in [4.69, 9.17) is 0 Å². The highest BCUT2D eigenvalue weighted by Gasteiger charge is 2.48. The number of nitrogens with one attached hydrogen (secondary N) is 1. The quantitative estimate of drug-likeness (QED) is 0.439. The SMILES string of the molecule is O=C1C2Cc3c([nH]c4ccccc34)C(c3ccc(N([O-])O)cc3)N2C(=O)CN1Cc1cccs1. The fraction of sp³-hybridized carbons (Fsp3) is 0.200. The van der Waals surface area contributed by atoms with Crippen LogP contribution >= 0.6 is 11.3 Å². The Morgan fingerprint density at radius 3 is 2.62 bits per heavy atom. The van der Waals surface area contributed by atoms with Crippen LogP contribution in [0, 0.1) is 5.21 Å². The standard InChI is InChI=1S/C25H21N4O4S/c30-22-14-27(13-17-4-3-11-34-17)25(31)21-12-19-18-5-1-2-6-20(18)26-23(19)24(28(21)22)15-7-9-16(10-8-15)29(32)33/h1-11,21,24,26,32H,12-14H2/q-1. The van der Waals surface area contributed by atoms with E-state index in [-0.39, 0.29) is 29.3 Å². The zero-order chi connectivity index (χ0) is 23.4. The summed E-state index contributed by atoms with van der Waals surface area (Å²) in [4.78, 5) is 35.0. The van der Waals surface area contributed by atoms with E-state index in [1.807, 2.05) is 41.8 Å². The lowest BCUT2D eigenvalue weighted by atomic mass is 9.86. The number of carbonyl (C=O) groups excluding carboxylic acids is 2. The number of thiophene rings is 1. The normalized spacial score (nSPS) is 19.9. The molecule has 2 unspecified atom stereocenters. The van der Waals surface area contributed by atoms with E-state index in [1.54, 1.807) is 33.3 Å². The average molecular weight is 474 g/mol. The zero-order valence-electron chi connectivity index (χ0n) is 18.0. The van der Waals surface area contributed by atoms with Crippen LogP contribution in [0.15, 0.2) is 66.0 Å². The number of rotatable bonds is 4. The molecule has 9 heteroatoms. The van der Waals surface area contributed by atoms with Gasteiger partial charge in [0.2, 0.25) is 11.8 Å². The molecule has 2 aliphatic rings. The maximum absolute atomic E-state index is 13.7. The van der Waals surface area contributed by atoms with Gasteiger partial charge in [0.15, 0.2) is 0 Å². The van der Waals surface area contributed by atoms with Gasteiger partial charge in [0, 0.05) is 27.9 Å². The van der Waals surface area contributed by atoms with Crippen LogP contribution in [0.2, 0.25) is 0 Å². The molecule has 0 spiro atoms. The fourth-order valence-corrected chi connectivity index (χ4v) is 5.90. The first-order valence-corrected chi connectivity index (χ1v) is 11.9. The van der Waals surface area contributed by atoms with Gasteiger partial charge in [-0.3, -0.25) is 14.8 Å². The van der Waals surface area contributed by atoms with E-state index in [0.29, 0.717) is 13.0 Å². The van der Waals surface area contributed by atoms with Gasteiger partial charge in [0.1, 0.15) is 12.6 Å². The first-order valence-electron chi connectivity index (χ1n) is 11.0. The third kappa shape index (κ3) is 3.28. The molecule has 1 saturated heterocycles. The lowest BCUT2D eigenvalue weighted by Gasteiger charge is -2.47. The number of aromatic amines is 1. The molecule has 0 aliphatic carbocycles. The molecule has 1 fully saturated rings. The van der Waals surface area contributed by atoms with Crippen molar-refractivity contribution < 1.29 is 14.8 Å². The predicted molar refractivity (Wildman–Crippen MR) is 128 cm³/mol. The van der Waals surface area contributed by atoms with Gasteiger partial charge in [-0.15, -0.1) is 11.3 Å². The van der Waals surface area contributed by atoms with Crippen molar-refractivity contribution in [2.45, 2.75) is 25.0 Å². The smallest absolute Gasteiger partial charge is 0.246 e. The topological polar surface area (TPSA) is 103 Å². The monoisotopic (exact) mass is 473 g/mol. The zero-order valence-corrected chi connectivity index (χ0v) is 18.9. The summed E-state index contributed by atoms with van der Waals surface area (Å²) >= 11 is 1.57. The van der Waals surface area contributed by atoms with E-state index in [0.717, 1.165) is 32.6 Å². The maximum Gasteiger partial charge on any atom is 0.246 e. The molecule has 0 bridgehead atoms. The van der Waals surface area contributed by atoms with Gasteiger partial charge in [0.25, 0.3) is 0 Å². The van der Waals surface area contributed by atoms with Crippen molar-refractivity contribution in [3.8, 4) is 0 Å². The molecule has 2 atom stereocenters. The highest BCUT2D eigenvalue weighted by Crippen LogP contribution is 2.43. The van der Waals surface area contributed by atoms with Crippen molar-refractivity contribution in [2.75, 3.05) is 11.8 Å². The highest BCUT2D eigenvalue weighted by molar-refractivity contribution is 7.09. The van der Waals surface area contributed by atoms with Crippen molar-refractivity contribution in [1.29, 1.82) is 0 Å². The van der Waals surface area contributed by atoms with Crippen molar-refractivity contribution in [3.63, 3.8) is 0 Å². The van der Waals surface area contributed by atoms with Gasteiger partial charge < -0.3 is 25.2 Å². The molecular formula is C25H21N4O4S-. The van der Waals surface area contributed by atoms with Crippen LogP contribution in [0.3, 0.4) is 0 Å². The van der Waals surface area contributed by atoms with Crippen LogP contribution in [0.1, 0.15) is 27.7 Å². The number of piperazine rings is 1. The molecule has 0 radical (unpaired) electrons. The van der Waals surface area contributed by atoms with E-state index in [2.05, 4.69) is 4.98 Å². The number of H-pyrrole nitrogens is 1. The van der Waals surface area contributed by atoms with Crippen molar-refractivity contribution in [3.05, 3.63) is 92.9 Å². The average Bonchev–Trinajstić information content (AvgIpc) is 3.49. The highest BCUT2D eigenvalue weighted by atomic mass is 32.1. The minimum Gasteiger partial charge on any atom is -0.733 e. The van der Waals surface area contributed by atoms with Gasteiger partial charge in [-0.05, 0) is 40.8 Å². The van der Waals surface area contributed by atoms with Gasteiger partial charge >= 0.3 is 0 Å². The van der Waals surface area contributed by atoms with E-state index < -0.39 is 12.1 Å². The Balaban J connectivity index is 1.46. The summed E-state index contributed by atoms with van der Waals surface area (Å²) in [6, 6.07) is 17.2. The molecule has 2 aliphatic heterocycles. The summed E-state index contributed by atoms with van der Waals surface area (Å²) in [7, 11) is 0. The second-order valence-electron chi connectivity index (χ2n) is 8.62. The molecule has 6 rings (SSSR count). The minimum atomic E-state index is -0.619. The van der Waals surface area contributed by atoms with E-state index >= 15 is 0 Å². The summed E-state index contributed by atoms with van der Waals surface area (Å²) < 4.78 is 0. The largest absolute Gasteiger partial charge is 0.733 e. The van der Waals surface area contributed by atoms with Crippen molar-refractivity contribution in [1.82, 2.24) is 14.8 Å². The summed E-state index contributed by atoms with van der Waals surface area (Å²) in [5, 5.41) is 23.3. The first-order chi connectivity index (χ1) is 16.5. The first kappa shape index (κ1) is 20.9. The summed E-state index contributed by atoms with van der Waals surface area (Å²) in [5.74, 6) is -0.182. The van der Waals surface area contributed by atoms with Gasteiger partial charge in [-0.1, -0.05) is 36.4 Å². The Labute approximate surface area is 199 Å². The van der Waals surface area contributed by atoms with Crippen LogP contribution < -0.4 is 5.23 Å². The second kappa shape index (κ2) is 7.98. The summed E-state index contributed by atoms with van der Waals surface area (Å²) in [6.07, 6.45) is 0.435. The molecule has 34 heavy (non-hydrogen) atoms. The number of nitrogens with zero attached hydrogens (tertiary/aromatic N) is 3. The minimum absolute atomic E-state index is 0.0162. The third-order valence-electron chi connectivity index (χ3n) is 6.70. The number of benzene rings is 2. The number of aromatic nitrogens is 1. The van der Waals surface area contributed by atoms with Crippen LogP contribution in [-0.4, -0.2) is 44.4 Å². The predicted octanol–water partition coefficient (Wildman–Crippen LogP) is 3.81. The molecular weight excluding hydrogens is 452 g/mol. The van der Waals surface area contributed by atoms with E-state index in [1.165, 1.54) is 12.1 Å². The summed E-state index contributed by atoms with van der Waals surface area (Å²) in [6.45, 7) is 0.435. The molecule has 2 amide bonds. The van der Waals surface area contributed by atoms with E-state index in [9.17, 15) is 20.0 Å². The van der Waals surface area contributed by atoms with Gasteiger partial charge in [-0.2, -0.15) is 0 Å². The Morgan fingerprint density at radius 1 is 1.09 bits per heavy atom. The lowest BCUT2D eigenvalue weighted by Crippen LogP contribution is -2.62. The molecule has 4 heterocycles. The lowest BCUT2D eigenvalue weighted by molar-refractivity contribution is -0.159. The molecule has 2 N–H and O–H groups in total. The molecule has 4 aromatic rings. The number of fused-ring (bicyclic) bond motifs is 4. The van der Waals surface area contributed by atoms with Gasteiger partial charge in [-0.25, -0.2) is 0 Å².